The molecule has 1 aromatic carbocycles. The molecule has 0 aliphatic heterocycles. The van der Waals surface area contributed by atoms with Crippen molar-refractivity contribution in [2.45, 2.75) is 39.5 Å². The number of hydrogen-bond donors (Lipinski definition) is 1. The molecule has 4 heteroatoms. The molecule has 0 saturated carbocycles. The molecule has 0 spiro atoms. The lowest BCUT2D eigenvalue weighted by Gasteiger charge is -2.28. The van der Waals surface area contributed by atoms with E-state index in [-0.39, 0.29) is 11.2 Å². The van der Waals surface area contributed by atoms with Crippen molar-refractivity contribution in [3.05, 3.63) is 28.0 Å². The monoisotopic (exact) mass is 345 g/mol. The predicted molar refractivity (Wildman–Crippen MR) is 86.0 cm³/mol. The van der Waals surface area contributed by atoms with Crippen LogP contribution >= 0.6 is 15.9 Å². The summed E-state index contributed by atoms with van der Waals surface area (Å²) >= 11 is 3.26. The van der Waals surface area contributed by atoms with E-state index < -0.39 is 0 Å². The van der Waals surface area contributed by atoms with E-state index in [0.29, 0.717) is 16.1 Å². The first kappa shape index (κ1) is 17.4. The molecule has 0 unspecified atom stereocenters. The number of halogens is 2. The SMILES string of the molecule is COc1cc(F)c(Br)cc1C(C)(C)CCNCC(C)C. The van der Waals surface area contributed by atoms with E-state index in [9.17, 15) is 4.39 Å². The molecule has 114 valence electrons. The highest BCUT2D eigenvalue weighted by atomic mass is 79.9. The number of rotatable bonds is 7. The highest BCUT2D eigenvalue weighted by molar-refractivity contribution is 9.10. The first-order chi connectivity index (χ1) is 9.27. The van der Waals surface area contributed by atoms with Crippen LogP contribution in [0.5, 0.6) is 5.75 Å². The fourth-order valence-electron chi connectivity index (χ4n) is 2.15. The van der Waals surface area contributed by atoms with E-state index in [1.807, 2.05) is 6.07 Å². The molecule has 20 heavy (non-hydrogen) atoms. The summed E-state index contributed by atoms with van der Waals surface area (Å²) in [6.45, 7) is 10.7. The van der Waals surface area contributed by atoms with Gasteiger partial charge in [-0.05, 0) is 52.8 Å². The van der Waals surface area contributed by atoms with Gasteiger partial charge in [-0.25, -0.2) is 4.39 Å². The lowest BCUT2D eigenvalue weighted by atomic mass is 9.81. The molecule has 0 saturated heterocycles. The maximum Gasteiger partial charge on any atom is 0.141 e. The van der Waals surface area contributed by atoms with Gasteiger partial charge in [-0.15, -0.1) is 0 Å². The zero-order valence-corrected chi connectivity index (χ0v) is 14.6. The molecule has 0 atom stereocenters. The van der Waals surface area contributed by atoms with E-state index in [2.05, 4.69) is 48.9 Å². The zero-order valence-electron chi connectivity index (χ0n) is 13.0. The Bertz CT molecular complexity index is 446. The van der Waals surface area contributed by atoms with Gasteiger partial charge in [-0.1, -0.05) is 27.7 Å². The van der Waals surface area contributed by atoms with Crippen molar-refractivity contribution in [3.63, 3.8) is 0 Å². The van der Waals surface area contributed by atoms with Gasteiger partial charge in [0, 0.05) is 11.6 Å². The number of methoxy groups -OCH3 is 1. The molecule has 0 aliphatic rings. The van der Waals surface area contributed by atoms with E-state index in [4.69, 9.17) is 4.74 Å². The normalized spacial score (nSPS) is 12.0. The largest absolute Gasteiger partial charge is 0.496 e. The highest BCUT2D eigenvalue weighted by Gasteiger charge is 2.25. The Morgan fingerprint density at radius 2 is 2.00 bits per heavy atom. The second kappa shape index (κ2) is 7.41. The fourth-order valence-corrected chi connectivity index (χ4v) is 2.50. The lowest BCUT2D eigenvalue weighted by molar-refractivity contribution is 0.377. The molecule has 0 fully saturated rings. The molecule has 0 amide bonds. The molecule has 0 aromatic heterocycles. The lowest BCUT2D eigenvalue weighted by Crippen LogP contribution is -2.28. The molecule has 1 aromatic rings. The highest BCUT2D eigenvalue weighted by Crippen LogP contribution is 2.37. The summed E-state index contributed by atoms with van der Waals surface area (Å²) in [5.41, 5.74) is 0.950. The van der Waals surface area contributed by atoms with Gasteiger partial charge in [0.05, 0.1) is 11.6 Å². The second-order valence-corrected chi connectivity index (χ2v) is 7.05. The summed E-state index contributed by atoms with van der Waals surface area (Å²) in [6, 6.07) is 3.28. The zero-order chi connectivity index (χ0) is 15.3. The third kappa shape index (κ3) is 4.74. The Labute approximate surface area is 130 Å². The van der Waals surface area contributed by atoms with Crippen LogP contribution in [0.1, 0.15) is 39.7 Å². The smallest absolute Gasteiger partial charge is 0.141 e. The van der Waals surface area contributed by atoms with E-state index >= 15 is 0 Å². The van der Waals surface area contributed by atoms with Crippen LogP contribution in [0.4, 0.5) is 4.39 Å². The molecular weight excluding hydrogens is 321 g/mol. The minimum absolute atomic E-state index is 0.0778. The van der Waals surface area contributed by atoms with Gasteiger partial charge in [0.25, 0.3) is 0 Å². The van der Waals surface area contributed by atoms with Crippen LogP contribution in [-0.2, 0) is 5.41 Å². The summed E-state index contributed by atoms with van der Waals surface area (Å²) < 4.78 is 19.4. The third-order valence-electron chi connectivity index (χ3n) is 3.45. The van der Waals surface area contributed by atoms with Gasteiger partial charge in [0.1, 0.15) is 11.6 Å². The van der Waals surface area contributed by atoms with Crippen molar-refractivity contribution in [1.82, 2.24) is 5.32 Å². The van der Waals surface area contributed by atoms with Gasteiger partial charge in [-0.3, -0.25) is 0 Å². The Kier molecular flexibility index (Phi) is 6.46. The summed E-state index contributed by atoms with van der Waals surface area (Å²) in [7, 11) is 1.58. The molecule has 1 rings (SSSR count). The Morgan fingerprint density at radius 1 is 1.35 bits per heavy atom. The maximum absolute atomic E-state index is 13.6. The van der Waals surface area contributed by atoms with Crippen LogP contribution in [0.2, 0.25) is 0 Å². The first-order valence-corrected chi connectivity index (χ1v) is 7.81. The average molecular weight is 346 g/mol. The Hall–Kier alpha value is -0.610. The van der Waals surface area contributed by atoms with E-state index in [1.165, 1.54) is 6.07 Å². The number of nitrogens with one attached hydrogen (secondary N) is 1. The predicted octanol–water partition coefficient (Wildman–Crippen LogP) is 4.51. The van der Waals surface area contributed by atoms with Crippen LogP contribution in [0.15, 0.2) is 16.6 Å². The third-order valence-corrected chi connectivity index (χ3v) is 4.06. The molecule has 1 N–H and O–H groups in total. The minimum Gasteiger partial charge on any atom is -0.496 e. The Balaban J connectivity index is 2.83. The summed E-state index contributed by atoms with van der Waals surface area (Å²) in [6.07, 6.45) is 0.966. The van der Waals surface area contributed by atoms with Crippen LogP contribution in [0.3, 0.4) is 0 Å². The van der Waals surface area contributed by atoms with Crippen molar-refractivity contribution in [1.29, 1.82) is 0 Å². The van der Waals surface area contributed by atoms with Gasteiger partial charge >= 0.3 is 0 Å². The van der Waals surface area contributed by atoms with Crippen molar-refractivity contribution < 1.29 is 9.13 Å². The van der Waals surface area contributed by atoms with Gasteiger partial charge in [0.15, 0.2) is 0 Å². The number of hydrogen-bond acceptors (Lipinski definition) is 2. The standard InChI is InChI=1S/C16H25BrFNO/c1-11(2)10-19-7-6-16(3,4)12-8-13(17)14(18)9-15(12)20-5/h8-9,11,19H,6-7,10H2,1-5H3. The van der Waals surface area contributed by atoms with Crippen molar-refractivity contribution >= 4 is 15.9 Å². The fraction of sp³-hybridized carbons (Fsp3) is 0.625. The van der Waals surface area contributed by atoms with Crippen molar-refractivity contribution in [2.75, 3.05) is 20.2 Å². The molecule has 0 heterocycles. The quantitative estimate of drug-likeness (QED) is 0.734. The maximum atomic E-state index is 13.6. The average Bonchev–Trinajstić information content (AvgIpc) is 2.37. The van der Waals surface area contributed by atoms with E-state index in [1.54, 1.807) is 7.11 Å². The first-order valence-electron chi connectivity index (χ1n) is 7.02. The number of ether oxygens (including phenoxy) is 1. The molecule has 0 radical (unpaired) electrons. The summed E-state index contributed by atoms with van der Waals surface area (Å²) in [5.74, 6) is 0.964. The Morgan fingerprint density at radius 3 is 2.55 bits per heavy atom. The second-order valence-electron chi connectivity index (χ2n) is 6.20. The van der Waals surface area contributed by atoms with Gasteiger partial charge < -0.3 is 10.1 Å². The van der Waals surface area contributed by atoms with Gasteiger partial charge in [0.2, 0.25) is 0 Å². The summed E-state index contributed by atoms with van der Waals surface area (Å²) in [4.78, 5) is 0. The van der Waals surface area contributed by atoms with Crippen LogP contribution in [0, 0.1) is 11.7 Å². The van der Waals surface area contributed by atoms with Crippen LogP contribution in [0.25, 0.3) is 0 Å². The van der Waals surface area contributed by atoms with Gasteiger partial charge in [-0.2, -0.15) is 0 Å². The van der Waals surface area contributed by atoms with Crippen LogP contribution < -0.4 is 10.1 Å². The van der Waals surface area contributed by atoms with E-state index in [0.717, 1.165) is 25.1 Å². The van der Waals surface area contributed by atoms with Crippen molar-refractivity contribution in [2.24, 2.45) is 5.92 Å². The van der Waals surface area contributed by atoms with Crippen molar-refractivity contribution in [3.8, 4) is 5.75 Å². The molecule has 0 bridgehead atoms. The molecule has 0 aliphatic carbocycles. The van der Waals surface area contributed by atoms with Crippen LogP contribution in [-0.4, -0.2) is 20.2 Å². The summed E-state index contributed by atoms with van der Waals surface area (Å²) in [5, 5.41) is 3.45. The molecular formula is C16H25BrFNO. The number of benzene rings is 1. The minimum atomic E-state index is -0.292. The topological polar surface area (TPSA) is 21.3 Å². The molecule has 2 nitrogen and oxygen atoms in total.